The number of hydrogen-bond acceptors (Lipinski definition) is 4. The first-order valence-electron chi connectivity index (χ1n) is 5.68. The summed E-state index contributed by atoms with van der Waals surface area (Å²) in [6.07, 6.45) is 0. The number of benzene rings is 1. The number of nitrogens with zero attached hydrogens (tertiary/aromatic N) is 2. The third kappa shape index (κ3) is 2.20. The van der Waals surface area contributed by atoms with Gasteiger partial charge in [-0.25, -0.2) is 4.79 Å². The van der Waals surface area contributed by atoms with E-state index in [0.29, 0.717) is 22.2 Å². The number of nitriles is 1. The molecule has 1 aromatic carbocycles. The van der Waals surface area contributed by atoms with Crippen molar-refractivity contribution in [1.82, 2.24) is 4.57 Å². The molecule has 0 saturated heterocycles. The van der Waals surface area contributed by atoms with Crippen LogP contribution in [-0.4, -0.2) is 17.6 Å². The van der Waals surface area contributed by atoms with E-state index in [1.165, 1.54) is 19.2 Å². The number of fused-ring (bicyclic) bond motifs is 1. The fourth-order valence-electron chi connectivity index (χ4n) is 2.03. The highest BCUT2D eigenvalue weighted by Crippen LogP contribution is 2.15. The second-order valence-corrected chi connectivity index (χ2v) is 4.12. The maximum Gasteiger partial charge on any atom is 0.337 e. The molecule has 0 aliphatic rings. The largest absolute Gasteiger partial charge is 0.465 e. The molecular weight excluding hydrogens is 244 g/mol. The van der Waals surface area contributed by atoms with Crippen LogP contribution in [-0.2, 0) is 11.3 Å². The first-order chi connectivity index (χ1) is 9.08. The third-order valence-corrected chi connectivity index (χ3v) is 2.97. The second kappa shape index (κ2) is 4.94. The predicted octanol–water partition coefficient (Wildman–Crippen LogP) is 1.62. The van der Waals surface area contributed by atoms with Crippen molar-refractivity contribution in [2.45, 2.75) is 13.5 Å². The van der Waals surface area contributed by atoms with Gasteiger partial charge in [0.15, 0.2) is 5.43 Å². The Bertz CT molecular complexity index is 754. The molecule has 0 amide bonds. The number of aromatic nitrogens is 1. The molecule has 0 N–H and O–H groups in total. The van der Waals surface area contributed by atoms with Crippen LogP contribution in [0.4, 0.5) is 0 Å². The Morgan fingerprint density at radius 3 is 2.79 bits per heavy atom. The van der Waals surface area contributed by atoms with E-state index >= 15 is 0 Å². The van der Waals surface area contributed by atoms with E-state index in [9.17, 15) is 9.59 Å². The Labute approximate surface area is 109 Å². The highest BCUT2D eigenvalue weighted by molar-refractivity contribution is 5.94. The fraction of sp³-hybridized carbons (Fsp3) is 0.214. The lowest BCUT2D eigenvalue weighted by Crippen LogP contribution is -2.13. The number of carbonyl (C=O) groups excluding carboxylic acids is 1. The van der Waals surface area contributed by atoms with Gasteiger partial charge in [0, 0.05) is 17.1 Å². The molecule has 2 rings (SSSR count). The van der Waals surface area contributed by atoms with E-state index in [-0.39, 0.29) is 12.0 Å². The molecule has 0 unspecified atom stereocenters. The number of pyridine rings is 1. The number of esters is 1. The molecule has 19 heavy (non-hydrogen) atoms. The molecule has 0 spiro atoms. The summed E-state index contributed by atoms with van der Waals surface area (Å²) in [6, 6.07) is 8.25. The summed E-state index contributed by atoms with van der Waals surface area (Å²) in [7, 11) is 1.29. The van der Waals surface area contributed by atoms with Crippen LogP contribution in [0.5, 0.6) is 0 Å². The van der Waals surface area contributed by atoms with Crippen molar-refractivity contribution in [3.63, 3.8) is 0 Å². The average molecular weight is 256 g/mol. The minimum atomic E-state index is -0.492. The minimum Gasteiger partial charge on any atom is -0.465 e. The van der Waals surface area contributed by atoms with Crippen molar-refractivity contribution in [1.29, 1.82) is 5.26 Å². The Hall–Kier alpha value is -2.61. The maximum atomic E-state index is 12.0. The van der Waals surface area contributed by atoms with Crippen molar-refractivity contribution in [3.05, 3.63) is 45.7 Å². The highest BCUT2D eigenvalue weighted by Gasteiger charge is 2.11. The second-order valence-electron chi connectivity index (χ2n) is 4.12. The topological polar surface area (TPSA) is 72.1 Å². The monoisotopic (exact) mass is 256 g/mol. The molecule has 0 aliphatic heterocycles. The van der Waals surface area contributed by atoms with Crippen molar-refractivity contribution in [2.75, 3.05) is 7.11 Å². The van der Waals surface area contributed by atoms with Gasteiger partial charge in [-0.2, -0.15) is 5.26 Å². The summed E-state index contributed by atoms with van der Waals surface area (Å²) >= 11 is 0. The zero-order chi connectivity index (χ0) is 14.0. The Kier molecular flexibility index (Phi) is 3.34. The van der Waals surface area contributed by atoms with Gasteiger partial charge in [-0.15, -0.1) is 0 Å². The van der Waals surface area contributed by atoms with E-state index in [4.69, 9.17) is 5.26 Å². The number of aryl methyl sites for hydroxylation is 1. The molecule has 1 heterocycles. The van der Waals surface area contributed by atoms with E-state index < -0.39 is 5.97 Å². The summed E-state index contributed by atoms with van der Waals surface area (Å²) in [4.78, 5) is 23.4. The van der Waals surface area contributed by atoms with E-state index in [1.54, 1.807) is 23.6 Å². The lowest BCUT2D eigenvalue weighted by molar-refractivity contribution is 0.0601. The van der Waals surface area contributed by atoms with Crippen LogP contribution in [0, 0.1) is 18.3 Å². The van der Waals surface area contributed by atoms with Crippen LogP contribution in [0.3, 0.4) is 0 Å². The number of methoxy groups -OCH3 is 1. The van der Waals surface area contributed by atoms with Gasteiger partial charge in [-0.05, 0) is 25.1 Å². The summed E-state index contributed by atoms with van der Waals surface area (Å²) in [5.41, 5.74) is 1.50. The van der Waals surface area contributed by atoms with Crippen LogP contribution in [0.2, 0.25) is 0 Å². The van der Waals surface area contributed by atoms with Crippen molar-refractivity contribution < 1.29 is 9.53 Å². The van der Waals surface area contributed by atoms with Gasteiger partial charge in [-0.3, -0.25) is 4.79 Å². The molecule has 1 aromatic heterocycles. The molecular formula is C14H12N2O3. The lowest BCUT2D eigenvalue weighted by atomic mass is 10.1. The fourth-order valence-corrected chi connectivity index (χ4v) is 2.03. The van der Waals surface area contributed by atoms with Crippen LogP contribution in [0.1, 0.15) is 16.1 Å². The van der Waals surface area contributed by atoms with Gasteiger partial charge in [0.05, 0.1) is 24.3 Å². The number of carbonyl (C=O) groups is 1. The van der Waals surface area contributed by atoms with Crippen LogP contribution in [0.15, 0.2) is 29.1 Å². The van der Waals surface area contributed by atoms with Crippen LogP contribution in [0.25, 0.3) is 10.9 Å². The number of rotatable bonds is 2. The molecule has 0 bridgehead atoms. The molecule has 5 nitrogen and oxygen atoms in total. The summed E-state index contributed by atoms with van der Waals surface area (Å²) < 4.78 is 6.36. The first-order valence-corrected chi connectivity index (χ1v) is 5.68. The third-order valence-electron chi connectivity index (χ3n) is 2.97. The smallest absolute Gasteiger partial charge is 0.337 e. The van der Waals surface area contributed by atoms with Gasteiger partial charge >= 0.3 is 5.97 Å². The van der Waals surface area contributed by atoms with E-state index in [2.05, 4.69) is 10.8 Å². The average Bonchev–Trinajstić information content (AvgIpc) is 2.42. The van der Waals surface area contributed by atoms with Gasteiger partial charge < -0.3 is 9.30 Å². The maximum absolute atomic E-state index is 12.0. The first kappa shape index (κ1) is 12.8. The van der Waals surface area contributed by atoms with Gasteiger partial charge in [0.2, 0.25) is 0 Å². The number of ether oxygens (including phenoxy) is 1. The molecule has 0 fully saturated rings. The molecule has 96 valence electrons. The summed E-state index contributed by atoms with van der Waals surface area (Å²) in [5.74, 6) is -0.492. The highest BCUT2D eigenvalue weighted by atomic mass is 16.5. The molecule has 0 radical (unpaired) electrons. The van der Waals surface area contributed by atoms with Crippen LogP contribution >= 0.6 is 0 Å². The number of hydrogen-bond donors (Lipinski definition) is 0. The van der Waals surface area contributed by atoms with Gasteiger partial charge in [-0.1, -0.05) is 0 Å². The van der Waals surface area contributed by atoms with Crippen LogP contribution < -0.4 is 5.43 Å². The predicted molar refractivity (Wildman–Crippen MR) is 69.9 cm³/mol. The van der Waals surface area contributed by atoms with E-state index in [0.717, 1.165) is 0 Å². The quantitative estimate of drug-likeness (QED) is 0.765. The SMILES string of the molecule is COC(=O)c1ccc2c(c1)c(=O)cc(C)n2CC#N. The Balaban J connectivity index is 2.78. The van der Waals surface area contributed by atoms with Crippen molar-refractivity contribution >= 4 is 16.9 Å². The summed E-state index contributed by atoms with van der Waals surface area (Å²) in [5, 5.41) is 9.24. The molecule has 0 aliphatic carbocycles. The normalized spacial score (nSPS) is 10.2. The van der Waals surface area contributed by atoms with Gasteiger partial charge in [0.25, 0.3) is 0 Å². The zero-order valence-electron chi connectivity index (χ0n) is 10.6. The van der Waals surface area contributed by atoms with E-state index in [1.807, 2.05) is 0 Å². The molecule has 0 atom stereocenters. The molecule has 5 heteroatoms. The lowest BCUT2D eigenvalue weighted by Gasteiger charge is -2.11. The molecule has 2 aromatic rings. The van der Waals surface area contributed by atoms with Gasteiger partial charge in [0.1, 0.15) is 6.54 Å². The Morgan fingerprint density at radius 2 is 2.16 bits per heavy atom. The van der Waals surface area contributed by atoms with Crippen molar-refractivity contribution in [3.8, 4) is 6.07 Å². The standard InChI is InChI=1S/C14H12N2O3/c1-9-7-13(17)11-8-10(14(18)19-2)3-4-12(11)16(9)6-5-15/h3-4,7-8H,6H2,1-2H3. The molecule has 0 saturated carbocycles. The minimum absolute atomic E-state index is 0.153. The Morgan fingerprint density at radius 1 is 1.42 bits per heavy atom. The zero-order valence-corrected chi connectivity index (χ0v) is 10.6. The summed E-state index contributed by atoms with van der Waals surface area (Å²) in [6.45, 7) is 1.92. The van der Waals surface area contributed by atoms with Crippen molar-refractivity contribution in [2.24, 2.45) is 0 Å².